The zero-order valence-corrected chi connectivity index (χ0v) is 14.0. The third kappa shape index (κ3) is 4.41. The number of carbonyl (C=O) groups is 1. The van der Waals surface area contributed by atoms with E-state index in [2.05, 4.69) is 4.90 Å². The van der Waals surface area contributed by atoms with Crippen LogP contribution in [0.2, 0.25) is 0 Å². The van der Waals surface area contributed by atoms with Crippen LogP contribution in [0.25, 0.3) is 0 Å². The molecule has 1 spiro atoms. The minimum absolute atomic E-state index is 0.133. The highest BCUT2D eigenvalue weighted by atomic mass is 19.1. The number of hydrogen-bond donors (Lipinski definition) is 0. The lowest BCUT2D eigenvalue weighted by Gasteiger charge is -2.28. The van der Waals surface area contributed by atoms with Gasteiger partial charge < -0.3 is 4.90 Å². The molecule has 1 heterocycles. The number of nitrogens with zero attached hydrogens (tertiary/aromatic N) is 1. The molecule has 0 N–H and O–H groups in total. The lowest BCUT2D eigenvalue weighted by atomic mass is 9.80. The lowest BCUT2D eigenvalue weighted by Crippen LogP contribution is -2.28. The van der Waals surface area contributed by atoms with Crippen LogP contribution in [0.3, 0.4) is 0 Å². The van der Waals surface area contributed by atoms with Crippen LogP contribution in [-0.4, -0.2) is 30.3 Å². The maximum atomic E-state index is 12.9. The van der Waals surface area contributed by atoms with E-state index >= 15 is 0 Å². The van der Waals surface area contributed by atoms with Crippen LogP contribution in [0.1, 0.15) is 68.1 Å². The molecule has 1 saturated carbocycles. The van der Waals surface area contributed by atoms with Crippen LogP contribution in [-0.2, 0) is 0 Å². The van der Waals surface area contributed by atoms with Crippen molar-refractivity contribution in [3.8, 4) is 0 Å². The molecule has 126 valence electrons. The van der Waals surface area contributed by atoms with Crippen molar-refractivity contribution in [2.24, 2.45) is 5.41 Å². The molecule has 2 nitrogen and oxygen atoms in total. The Bertz CT molecular complexity index is 517. The zero-order chi connectivity index (χ0) is 16.1. The van der Waals surface area contributed by atoms with E-state index in [9.17, 15) is 9.18 Å². The van der Waals surface area contributed by atoms with Crippen molar-refractivity contribution in [1.82, 2.24) is 4.90 Å². The van der Waals surface area contributed by atoms with Gasteiger partial charge in [-0.1, -0.05) is 25.7 Å². The highest BCUT2D eigenvalue weighted by Crippen LogP contribution is 2.42. The van der Waals surface area contributed by atoms with E-state index in [1.807, 2.05) is 0 Å². The quantitative estimate of drug-likeness (QED) is 0.725. The summed E-state index contributed by atoms with van der Waals surface area (Å²) in [7, 11) is 0. The molecule has 1 saturated heterocycles. The van der Waals surface area contributed by atoms with Gasteiger partial charge in [0.25, 0.3) is 0 Å². The van der Waals surface area contributed by atoms with Gasteiger partial charge in [0, 0.05) is 18.5 Å². The largest absolute Gasteiger partial charge is 0.303 e. The van der Waals surface area contributed by atoms with E-state index in [0.717, 1.165) is 13.0 Å². The Labute approximate surface area is 139 Å². The minimum atomic E-state index is -0.285. The zero-order valence-electron chi connectivity index (χ0n) is 14.0. The molecular weight excluding hydrogens is 289 g/mol. The summed E-state index contributed by atoms with van der Waals surface area (Å²) in [4.78, 5) is 14.7. The number of hydrogen-bond acceptors (Lipinski definition) is 2. The second-order valence-electron chi connectivity index (χ2n) is 7.47. The second kappa shape index (κ2) is 7.57. The van der Waals surface area contributed by atoms with Crippen molar-refractivity contribution in [2.45, 2.75) is 57.8 Å². The Balaban J connectivity index is 1.42. The van der Waals surface area contributed by atoms with Gasteiger partial charge in [0.1, 0.15) is 5.82 Å². The minimum Gasteiger partial charge on any atom is -0.303 e. The Morgan fingerprint density at radius 1 is 1.04 bits per heavy atom. The van der Waals surface area contributed by atoms with Crippen molar-refractivity contribution in [3.63, 3.8) is 0 Å². The van der Waals surface area contributed by atoms with Gasteiger partial charge in [0.05, 0.1) is 0 Å². The molecule has 2 aliphatic rings. The van der Waals surface area contributed by atoms with Gasteiger partial charge in [-0.2, -0.15) is 0 Å². The van der Waals surface area contributed by atoms with Crippen molar-refractivity contribution < 1.29 is 9.18 Å². The van der Waals surface area contributed by atoms with Gasteiger partial charge in [0.15, 0.2) is 5.78 Å². The van der Waals surface area contributed by atoms with E-state index < -0.39 is 0 Å². The summed E-state index contributed by atoms with van der Waals surface area (Å²) in [6.45, 7) is 3.46. The molecular formula is C20H28FNO. The third-order valence-electron chi connectivity index (χ3n) is 5.73. The van der Waals surface area contributed by atoms with E-state index in [0.29, 0.717) is 17.4 Å². The normalized spacial score (nSPS) is 21.4. The van der Waals surface area contributed by atoms with E-state index in [1.165, 1.54) is 70.2 Å². The summed E-state index contributed by atoms with van der Waals surface area (Å²) in [5.41, 5.74) is 1.21. The summed E-state index contributed by atoms with van der Waals surface area (Å²) in [6, 6.07) is 5.91. The predicted molar refractivity (Wildman–Crippen MR) is 91.2 cm³/mol. The maximum absolute atomic E-state index is 12.9. The second-order valence-corrected chi connectivity index (χ2v) is 7.47. The Morgan fingerprint density at radius 3 is 2.43 bits per heavy atom. The number of ketones is 1. The summed E-state index contributed by atoms with van der Waals surface area (Å²) in [6.07, 6.45) is 11.2. The molecule has 0 unspecified atom stereocenters. The molecule has 0 atom stereocenters. The summed E-state index contributed by atoms with van der Waals surface area (Å²) in [5.74, 6) is -0.152. The highest BCUT2D eigenvalue weighted by Gasteiger charge is 2.37. The van der Waals surface area contributed by atoms with Crippen LogP contribution in [0.15, 0.2) is 24.3 Å². The molecule has 3 rings (SSSR count). The maximum Gasteiger partial charge on any atom is 0.162 e. The SMILES string of the molecule is O=C(CCCN1CCC2(CCCCCC2)C1)c1ccc(F)cc1. The molecule has 0 aromatic heterocycles. The smallest absolute Gasteiger partial charge is 0.162 e. The van der Waals surface area contributed by atoms with Gasteiger partial charge >= 0.3 is 0 Å². The number of Topliss-reactive ketones (excluding diaryl/α,β-unsaturated/α-hetero) is 1. The highest BCUT2D eigenvalue weighted by molar-refractivity contribution is 5.95. The van der Waals surface area contributed by atoms with Gasteiger partial charge in [-0.05, 0) is 68.5 Å². The first kappa shape index (κ1) is 16.6. The first-order valence-electron chi connectivity index (χ1n) is 9.18. The van der Waals surface area contributed by atoms with Crippen LogP contribution in [0, 0.1) is 11.2 Å². The molecule has 0 amide bonds. The van der Waals surface area contributed by atoms with E-state index in [4.69, 9.17) is 0 Å². The van der Waals surface area contributed by atoms with Crippen molar-refractivity contribution in [1.29, 1.82) is 0 Å². The fourth-order valence-electron chi connectivity index (χ4n) is 4.35. The average Bonchev–Trinajstić information content (AvgIpc) is 2.79. The topological polar surface area (TPSA) is 20.3 Å². The third-order valence-corrected chi connectivity index (χ3v) is 5.73. The molecule has 0 bridgehead atoms. The molecule has 1 aromatic rings. The van der Waals surface area contributed by atoms with Crippen LogP contribution in [0.4, 0.5) is 4.39 Å². The molecule has 2 fully saturated rings. The number of carbonyl (C=O) groups excluding carboxylic acids is 1. The number of halogens is 1. The first-order chi connectivity index (χ1) is 11.2. The van der Waals surface area contributed by atoms with Gasteiger partial charge in [-0.15, -0.1) is 0 Å². The Kier molecular flexibility index (Phi) is 5.47. The van der Waals surface area contributed by atoms with Crippen LogP contribution >= 0.6 is 0 Å². The Hall–Kier alpha value is -1.22. The van der Waals surface area contributed by atoms with Gasteiger partial charge in [0.2, 0.25) is 0 Å². The lowest BCUT2D eigenvalue weighted by molar-refractivity contribution is 0.0975. The summed E-state index contributed by atoms with van der Waals surface area (Å²) < 4.78 is 12.9. The fraction of sp³-hybridized carbons (Fsp3) is 0.650. The van der Waals surface area contributed by atoms with Crippen LogP contribution in [0.5, 0.6) is 0 Å². The predicted octanol–water partition coefficient (Wildman–Crippen LogP) is 4.83. The van der Waals surface area contributed by atoms with Crippen molar-refractivity contribution in [2.75, 3.05) is 19.6 Å². The number of likely N-dealkylation sites (tertiary alicyclic amines) is 1. The average molecular weight is 317 g/mol. The monoisotopic (exact) mass is 317 g/mol. The van der Waals surface area contributed by atoms with Gasteiger partial charge in [-0.25, -0.2) is 4.39 Å². The summed E-state index contributed by atoms with van der Waals surface area (Å²) >= 11 is 0. The molecule has 1 aromatic carbocycles. The first-order valence-corrected chi connectivity index (χ1v) is 9.18. The molecule has 3 heteroatoms. The number of benzene rings is 1. The molecule has 1 aliphatic carbocycles. The van der Waals surface area contributed by atoms with Crippen LogP contribution < -0.4 is 0 Å². The summed E-state index contributed by atoms with van der Waals surface area (Å²) in [5, 5.41) is 0. The standard InChI is InChI=1S/C20H28FNO/c21-18-9-7-17(8-10-18)19(23)6-5-14-22-15-13-20(16-22)11-3-1-2-4-12-20/h7-10H,1-6,11-16H2. The van der Waals surface area contributed by atoms with E-state index in [-0.39, 0.29) is 11.6 Å². The van der Waals surface area contributed by atoms with Crippen molar-refractivity contribution in [3.05, 3.63) is 35.6 Å². The van der Waals surface area contributed by atoms with E-state index in [1.54, 1.807) is 12.1 Å². The number of rotatable bonds is 5. The molecule has 0 radical (unpaired) electrons. The fourth-order valence-corrected chi connectivity index (χ4v) is 4.35. The Morgan fingerprint density at radius 2 is 1.74 bits per heavy atom. The molecule has 1 aliphatic heterocycles. The van der Waals surface area contributed by atoms with Gasteiger partial charge in [-0.3, -0.25) is 4.79 Å². The van der Waals surface area contributed by atoms with Crippen molar-refractivity contribution >= 4 is 5.78 Å². The molecule has 23 heavy (non-hydrogen) atoms.